The van der Waals surface area contributed by atoms with Gasteiger partial charge in [-0.05, 0) is 53.1 Å². The summed E-state index contributed by atoms with van der Waals surface area (Å²) in [6.45, 7) is 0. The Morgan fingerprint density at radius 3 is 2.57 bits per heavy atom. The molecule has 1 amide bonds. The molecule has 0 bridgehead atoms. The van der Waals surface area contributed by atoms with Crippen molar-refractivity contribution in [1.82, 2.24) is 20.6 Å². The van der Waals surface area contributed by atoms with Gasteiger partial charge in [0.1, 0.15) is 0 Å². The molecule has 2 heterocycles. The van der Waals surface area contributed by atoms with Gasteiger partial charge in [-0.1, -0.05) is 12.1 Å². The first-order valence-electron chi connectivity index (χ1n) is 10.5. The maximum Gasteiger partial charge on any atom is 0.394 e. The number of nitrogens with zero attached hydrogens (tertiary/aromatic N) is 5. The molecule has 1 saturated carbocycles. The number of benzene rings is 2. The molecule has 2 aromatic carbocycles. The van der Waals surface area contributed by atoms with Crippen LogP contribution in [0.25, 0.3) is 11.4 Å². The van der Waals surface area contributed by atoms with Crippen molar-refractivity contribution < 1.29 is 26.7 Å². The van der Waals surface area contributed by atoms with E-state index in [1.807, 2.05) is 0 Å². The number of halogens is 5. The maximum absolute atomic E-state index is 13.7. The number of carbonyl (C=O) groups is 1. The minimum absolute atomic E-state index is 0.201. The van der Waals surface area contributed by atoms with Crippen molar-refractivity contribution in [1.29, 1.82) is 0 Å². The van der Waals surface area contributed by atoms with Crippen LogP contribution in [-0.2, 0) is 10.2 Å². The standard InChI is InChI=1S/C22H16F5N7O/c23-16-4-1-11(7-17(16)24)21(5-6-21)20(35)30-12-2-3-14(15(8-12)19-31-33-34-32-19)18-28-10-13(29-18)9-22(25,26)27/h1-4,7-8,10,18H,5-6,9H2,(H,30,35)(H,31,32,33,34). The second-order valence-corrected chi connectivity index (χ2v) is 8.28. The molecule has 1 aromatic heterocycles. The highest BCUT2D eigenvalue weighted by atomic mass is 19.4. The summed E-state index contributed by atoms with van der Waals surface area (Å²) >= 11 is 0. The number of hydrogen-bond acceptors (Lipinski definition) is 6. The van der Waals surface area contributed by atoms with Gasteiger partial charge in [0.05, 0.1) is 17.5 Å². The zero-order valence-corrected chi connectivity index (χ0v) is 17.8. The number of aromatic nitrogens is 4. The number of tetrazole rings is 1. The Morgan fingerprint density at radius 1 is 1.11 bits per heavy atom. The second-order valence-electron chi connectivity index (χ2n) is 8.28. The van der Waals surface area contributed by atoms with Crippen molar-refractivity contribution in [3.8, 4) is 11.4 Å². The van der Waals surface area contributed by atoms with Gasteiger partial charge in [0.25, 0.3) is 0 Å². The first-order chi connectivity index (χ1) is 16.6. The molecule has 1 aliphatic heterocycles. The summed E-state index contributed by atoms with van der Waals surface area (Å²) in [6, 6.07) is 8.04. The van der Waals surface area contributed by atoms with Crippen LogP contribution in [0.2, 0.25) is 0 Å². The molecule has 3 aromatic rings. The summed E-state index contributed by atoms with van der Waals surface area (Å²) in [4.78, 5) is 21.2. The largest absolute Gasteiger partial charge is 0.394 e. The molecular formula is C22H16F5N7O. The molecule has 1 atom stereocenters. The van der Waals surface area contributed by atoms with Crippen molar-refractivity contribution in [3.63, 3.8) is 0 Å². The van der Waals surface area contributed by atoms with Crippen LogP contribution in [0.4, 0.5) is 27.6 Å². The first kappa shape index (κ1) is 22.7. The van der Waals surface area contributed by atoms with Crippen molar-refractivity contribution in [3.05, 3.63) is 59.2 Å². The molecule has 0 radical (unpaired) electrons. The molecule has 13 heteroatoms. The number of H-pyrrole nitrogens is 1. The third kappa shape index (κ3) is 4.53. The van der Waals surface area contributed by atoms with E-state index in [1.54, 1.807) is 18.2 Å². The van der Waals surface area contributed by atoms with Crippen LogP contribution < -0.4 is 5.32 Å². The normalized spacial score (nSPS) is 18.4. The summed E-state index contributed by atoms with van der Waals surface area (Å²) in [5.74, 6) is -2.23. The molecule has 180 valence electrons. The van der Waals surface area contributed by atoms with Crippen LogP contribution in [0.3, 0.4) is 0 Å². The summed E-state index contributed by atoms with van der Waals surface area (Å²) in [5.41, 5.74) is 0.343. The fourth-order valence-corrected chi connectivity index (χ4v) is 3.98. The lowest BCUT2D eigenvalue weighted by Crippen LogP contribution is -2.28. The summed E-state index contributed by atoms with van der Waals surface area (Å²) in [7, 11) is 0. The second kappa shape index (κ2) is 8.32. The number of aliphatic imine (C=N–C) groups is 2. The van der Waals surface area contributed by atoms with Gasteiger partial charge < -0.3 is 5.32 Å². The van der Waals surface area contributed by atoms with E-state index in [0.29, 0.717) is 35.2 Å². The Kier molecular flexibility index (Phi) is 5.41. The van der Waals surface area contributed by atoms with E-state index in [9.17, 15) is 26.7 Å². The molecule has 1 aliphatic carbocycles. The summed E-state index contributed by atoms with van der Waals surface area (Å²) in [5, 5.41) is 16.3. The predicted octanol–water partition coefficient (Wildman–Crippen LogP) is 4.29. The van der Waals surface area contributed by atoms with Crippen LogP contribution in [0.5, 0.6) is 0 Å². The molecule has 1 unspecified atom stereocenters. The molecule has 0 spiro atoms. The average Bonchev–Trinajstić information content (AvgIpc) is 3.20. The van der Waals surface area contributed by atoms with Crippen molar-refractivity contribution in [2.45, 2.75) is 37.0 Å². The maximum atomic E-state index is 13.7. The molecule has 1 fully saturated rings. The number of amides is 1. The topological polar surface area (TPSA) is 108 Å². The van der Waals surface area contributed by atoms with E-state index < -0.39 is 41.7 Å². The quantitative estimate of drug-likeness (QED) is 0.504. The van der Waals surface area contributed by atoms with Gasteiger partial charge in [-0.15, -0.1) is 5.10 Å². The van der Waals surface area contributed by atoms with Gasteiger partial charge in [0.15, 0.2) is 23.6 Å². The van der Waals surface area contributed by atoms with Crippen LogP contribution in [-0.4, -0.2) is 44.6 Å². The number of aromatic amines is 1. The Balaban J connectivity index is 1.43. The van der Waals surface area contributed by atoms with E-state index in [1.165, 1.54) is 6.07 Å². The Morgan fingerprint density at radius 2 is 1.91 bits per heavy atom. The van der Waals surface area contributed by atoms with Gasteiger partial charge in [-0.25, -0.2) is 13.9 Å². The van der Waals surface area contributed by atoms with Gasteiger partial charge >= 0.3 is 6.18 Å². The Labute approximate surface area is 194 Å². The molecular weight excluding hydrogens is 473 g/mol. The van der Waals surface area contributed by atoms with Crippen LogP contribution >= 0.6 is 0 Å². The van der Waals surface area contributed by atoms with Gasteiger partial charge in [0, 0.05) is 23.0 Å². The van der Waals surface area contributed by atoms with E-state index in [2.05, 4.69) is 35.9 Å². The number of rotatable bonds is 6. The minimum Gasteiger partial charge on any atom is -0.325 e. The Bertz CT molecular complexity index is 1350. The molecule has 0 saturated heterocycles. The molecule has 35 heavy (non-hydrogen) atoms. The number of hydrogen-bond donors (Lipinski definition) is 2. The Hall–Kier alpha value is -4.03. The van der Waals surface area contributed by atoms with E-state index >= 15 is 0 Å². The van der Waals surface area contributed by atoms with Crippen molar-refractivity contribution >= 4 is 23.5 Å². The lowest BCUT2D eigenvalue weighted by Gasteiger charge is -2.17. The summed E-state index contributed by atoms with van der Waals surface area (Å²) < 4.78 is 65.2. The van der Waals surface area contributed by atoms with Crippen molar-refractivity contribution in [2.24, 2.45) is 9.98 Å². The molecule has 8 nitrogen and oxygen atoms in total. The predicted molar refractivity (Wildman–Crippen MR) is 115 cm³/mol. The lowest BCUT2D eigenvalue weighted by molar-refractivity contribution is -0.121. The third-order valence-electron chi connectivity index (χ3n) is 5.88. The highest BCUT2D eigenvalue weighted by Crippen LogP contribution is 2.49. The molecule has 2 N–H and O–H groups in total. The minimum atomic E-state index is -4.42. The zero-order chi connectivity index (χ0) is 24.8. The van der Waals surface area contributed by atoms with E-state index in [-0.39, 0.29) is 11.5 Å². The number of alkyl halides is 3. The lowest BCUT2D eigenvalue weighted by atomic mass is 9.94. The first-order valence-corrected chi connectivity index (χ1v) is 10.5. The van der Waals surface area contributed by atoms with Gasteiger partial charge in [-0.3, -0.25) is 14.8 Å². The van der Waals surface area contributed by atoms with Crippen LogP contribution in [0.15, 0.2) is 46.4 Å². The highest BCUT2D eigenvalue weighted by molar-refractivity contribution is 6.32. The highest BCUT2D eigenvalue weighted by Gasteiger charge is 2.51. The zero-order valence-electron chi connectivity index (χ0n) is 17.8. The molecule has 5 rings (SSSR count). The number of nitrogens with one attached hydrogen (secondary N) is 2. The van der Waals surface area contributed by atoms with Crippen LogP contribution in [0.1, 0.15) is 36.6 Å². The fraction of sp³-hybridized carbons (Fsp3) is 0.273. The number of carbonyl (C=O) groups excluding carboxylic acids is 1. The van der Waals surface area contributed by atoms with E-state index in [4.69, 9.17) is 0 Å². The molecule has 2 aliphatic rings. The van der Waals surface area contributed by atoms with Crippen LogP contribution in [0, 0.1) is 11.6 Å². The van der Waals surface area contributed by atoms with Crippen molar-refractivity contribution in [2.75, 3.05) is 5.32 Å². The summed E-state index contributed by atoms with van der Waals surface area (Å²) in [6.07, 6.45) is -4.55. The van der Waals surface area contributed by atoms with Gasteiger partial charge in [-0.2, -0.15) is 13.2 Å². The average molecular weight is 489 g/mol. The van der Waals surface area contributed by atoms with Gasteiger partial charge in [0.2, 0.25) is 5.91 Å². The fourth-order valence-electron chi connectivity index (χ4n) is 3.98. The SMILES string of the molecule is O=C(Nc1ccc(C2N=CC(CC(F)(F)F)=N2)c(-c2nnn[nH]2)c1)C1(c2ccc(F)c(F)c2)CC1. The monoisotopic (exact) mass is 489 g/mol. The third-order valence-corrected chi connectivity index (χ3v) is 5.88. The smallest absolute Gasteiger partial charge is 0.325 e. The number of anilines is 1. The van der Waals surface area contributed by atoms with E-state index in [0.717, 1.165) is 18.3 Å².